The van der Waals surface area contributed by atoms with Gasteiger partial charge in [-0.05, 0) is 25.8 Å². The first-order valence-corrected chi connectivity index (χ1v) is 5.52. The third-order valence-corrected chi connectivity index (χ3v) is 3.26. The molecule has 5 heteroatoms. The van der Waals surface area contributed by atoms with E-state index in [4.69, 9.17) is 5.73 Å². The molecule has 1 amide bonds. The third-order valence-electron chi connectivity index (χ3n) is 3.26. The second kappa shape index (κ2) is 5.68. The van der Waals surface area contributed by atoms with Crippen molar-refractivity contribution in [2.75, 3.05) is 26.2 Å². The quantitative estimate of drug-likeness (QED) is 0.669. The smallest absolute Gasteiger partial charge is 0.227 e. The van der Waals surface area contributed by atoms with Crippen LogP contribution >= 0.6 is 12.4 Å². The number of halogens is 1. The van der Waals surface area contributed by atoms with Crippen molar-refractivity contribution in [3.8, 4) is 0 Å². The van der Waals surface area contributed by atoms with Crippen LogP contribution in [0.2, 0.25) is 0 Å². The van der Waals surface area contributed by atoms with E-state index >= 15 is 0 Å². The van der Waals surface area contributed by atoms with Gasteiger partial charge in [0, 0.05) is 25.7 Å². The SMILES string of the molecule is Cl.NC1CCN(C(=O)C2CCNC2)CC1. The van der Waals surface area contributed by atoms with Gasteiger partial charge in [0.15, 0.2) is 0 Å². The summed E-state index contributed by atoms with van der Waals surface area (Å²) in [5, 5.41) is 3.23. The normalized spacial score (nSPS) is 27.5. The Morgan fingerprint density at radius 2 is 1.93 bits per heavy atom. The number of hydrogen-bond donors (Lipinski definition) is 2. The molecule has 2 fully saturated rings. The highest BCUT2D eigenvalue weighted by Crippen LogP contribution is 2.15. The average molecular weight is 234 g/mol. The first-order valence-electron chi connectivity index (χ1n) is 5.52. The monoisotopic (exact) mass is 233 g/mol. The zero-order valence-corrected chi connectivity index (χ0v) is 9.76. The van der Waals surface area contributed by atoms with Gasteiger partial charge in [0.2, 0.25) is 5.91 Å². The first-order chi connectivity index (χ1) is 6.77. The molecule has 15 heavy (non-hydrogen) atoms. The van der Waals surface area contributed by atoms with Crippen LogP contribution in [0.1, 0.15) is 19.3 Å². The van der Waals surface area contributed by atoms with E-state index in [-0.39, 0.29) is 18.3 Å². The summed E-state index contributed by atoms with van der Waals surface area (Å²) in [5.74, 6) is 0.561. The van der Waals surface area contributed by atoms with Crippen LogP contribution < -0.4 is 11.1 Å². The number of piperidine rings is 1. The summed E-state index contributed by atoms with van der Waals surface area (Å²) in [7, 11) is 0. The van der Waals surface area contributed by atoms with Crippen LogP contribution in [-0.2, 0) is 4.79 Å². The van der Waals surface area contributed by atoms with Crippen LogP contribution in [0.25, 0.3) is 0 Å². The largest absolute Gasteiger partial charge is 0.342 e. The maximum Gasteiger partial charge on any atom is 0.227 e. The molecule has 0 radical (unpaired) electrons. The van der Waals surface area contributed by atoms with Crippen LogP contribution in [0, 0.1) is 5.92 Å². The Morgan fingerprint density at radius 3 is 2.47 bits per heavy atom. The predicted octanol–water partition coefficient (Wildman–Crippen LogP) is -0.0326. The summed E-state index contributed by atoms with van der Waals surface area (Å²) in [6.45, 7) is 3.57. The van der Waals surface area contributed by atoms with Crippen molar-refractivity contribution < 1.29 is 4.79 Å². The Labute approximate surface area is 97.0 Å². The molecule has 88 valence electrons. The van der Waals surface area contributed by atoms with E-state index in [9.17, 15) is 4.79 Å². The van der Waals surface area contributed by atoms with Crippen molar-refractivity contribution in [2.45, 2.75) is 25.3 Å². The molecular formula is C10H20ClN3O. The number of likely N-dealkylation sites (tertiary alicyclic amines) is 1. The molecule has 2 rings (SSSR count). The van der Waals surface area contributed by atoms with Crippen LogP contribution in [0.15, 0.2) is 0 Å². The molecule has 1 atom stereocenters. The van der Waals surface area contributed by atoms with Crippen molar-refractivity contribution in [3.63, 3.8) is 0 Å². The van der Waals surface area contributed by atoms with Gasteiger partial charge in [-0.25, -0.2) is 0 Å². The lowest BCUT2D eigenvalue weighted by atomic mass is 10.0. The summed E-state index contributed by atoms with van der Waals surface area (Å²) in [6.07, 6.45) is 2.93. The molecule has 3 N–H and O–H groups in total. The van der Waals surface area contributed by atoms with Crippen molar-refractivity contribution in [3.05, 3.63) is 0 Å². The Kier molecular flexibility index (Phi) is 4.83. The van der Waals surface area contributed by atoms with E-state index in [1.54, 1.807) is 0 Å². The second-order valence-electron chi connectivity index (χ2n) is 4.35. The summed E-state index contributed by atoms with van der Waals surface area (Å²) in [6, 6.07) is 0.306. The highest BCUT2D eigenvalue weighted by Gasteiger charge is 2.28. The van der Waals surface area contributed by atoms with Gasteiger partial charge in [-0.1, -0.05) is 0 Å². The molecule has 2 aliphatic rings. The minimum absolute atomic E-state index is 0. The molecule has 0 saturated carbocycles. The number of carbonyl (C=O) groups excluding carboxylic acids is 1. The van der Waals surface area contributed by atoms with Crippen molar-refractivity contribution in [1.82, 2.24) is 10.2 Å². The van der Waals surface area contributed by atoms with Gasteiger partial charge >= 0.3 is 0 Å². The van der Waals surface area contributed by atoms with Gasteiger partial charge in [-0.3, -0.25) is 4.79 Å². The minimum atomic E-state index is 0. The van der Waals surface area contributed by atoms with E-state index in [0.29, 0.717) is 11.9 Å². The standard InChI is InChI=1S/C10H19N3O.ClH/c11-9-2-5-13(6-3-9)10(14)8-1-4-12-7-8;/h8-9,12H,1-7,11H2;1H. The molecular weight excluding hydrogens is 214 g/mol. The summed E-state index contributed by atoms with van der Waals surface area (Å²) in [4.78, 5) is 13.9. The molecule has 0 spiro atoms. The van der Waals surface area contributed by atoms with Gasteiger partial charge in [0.25, 0.3) is 0 Å². The lowest BCUT2D eigenvalue weighted by Crippen LogP contribution is -2.45. The van der Waals surface area contributed by atoms with Gasteiger partial charge in [-0.15, -0.1) is 12.4 Å². The zero-order valence-electron chi connectivity index (χ0n) is 8.95. The number of nitrogens with one attached hydrogen (secondary N) is 1. The van der Waals surface area contributed by atoms with Crippen molar-refractivity contribution >= 4 is 18.3 Å². The number of carbonyl (C=O) groups is 1. The lowest BCUT2D eigenvalue weighted by Gasteiger charge is -2.31. The first kappa shape index (κ1) is 12.7. The average Bonchev–Trinajstić information content (AvgIpc) is 2.71. The molecule has 0 aromatic carbocycles. The highest BCUT2D eigenvalue weighted by atomic mass is 35.5. The Hall–Kier alpha value is -0.320. The minimum Gasteiger partial charge on any atom is -0.342 e. The van der Waals surface area contributed by atoms with Crippen LogP contribution in [-0.4, -0.2) is 43.0 Å². The number of hydrogen-bond acceptors (Lipinski definition) is 3. The Morgan fingerprint density at radius 1 is 1.27 bits per heavy atom. The lowest BCUT2D eigenvalue weighted by molar-refractivity contribution is -0.135. The topological polar surface area (TPSA) is 58.4 Å². The summed E-state index contributed by atoms with van der Waals surface area (Å²) >= 11 is 0. The highest BCUT2D eigenvalue weighted by molar-refractivity contribution is 5.85. The fourth-order valence-corrected chi connectivity index (χ4v) is 2.24. The molecule has 2 aliphatic heterocycles. The van der Waals surface area contributed by atoms with Crippen LogP contribution in [0.4, 0.5) is 0 Å². The Bertz CT molecular complexity index is 211. The molecule has 4 nitrogen and oxygen atoms in total. The molecule has 2 heterocycles. The molecule has 0 aromatic heterocycles. The van der Waals surface area contributed by atoms with E-state index < -0.39 is 0 Å². The predicted molar refractivity (Wildman–Crippen MR) is 62.0 cm³/mol. The van der Waals surface area contributed by atoms with Gasteiger partial charge in [-0.2, -0.15) is 0 Å². The van der Waals surface area contributed by atoms with Gasteiger partial charge in [0.1, 0.15) is 0 Å². The molecule has 0 aliphatic carbocycles. The van der Waals surface area contributed by atoms with Crippen molar-refractivity contribution in [1.29, 1.82) is 0 Å². The summed E-state index contributed by atoms with van der Waals surface area (Å²) < 4.78 is 0. The zero-order chi connectivity index (χ0) is 9.97. The maximum atomic E-state index is 12.0. The fourth-order valence-electron chi connectivity index (χ4n) is 2.24. The summed E-state index contributed by atoms with van der Waals surface area (Å²) in [5.41, 5.74) is 5.80. The number of rotatable bonds is 1. The van der Waals surface area contributed by atoms with Crippen molar-refractivity contribution in [2.24, 2.45) is 11.7 Å². The molecule has 2 saturated heterocycles. The van der Waals surface area contributed by atoms with E-state index in [2.05, 4.69) is 5.32 Å². The van der Waals surface area contributed by atoms with E-state index in [0.717, 1.165) is 45.4 Å². The molecule has 1 unspecified atom stereocenters. The van der Waals surface area contributed by atoms with Crippen LogP contribution in [0.5, 0.6) is 0 Å². The van der Waals surface area contributed by atoms with Gasteiger partial charge in [0.05, 0.1) is 5.92 Å². The molecule has 0 aromatic rings. The van der Waals surface area contributed by atoms with E-state index in [1.807, 2.05) is 4.90 Å². The number of nitrogens with zero attached hydrogens (tertiary/aromatic N) is 1. The molecule has 0 bridgehead atoms. The number of amides is 1. The third kappa shape index (κ3) is 3.06. The van der Waals surface area contributed by atoms with Gasteiger partial charge < -0.3 is 16.0 Å². The number of nitrogens with two attached hydrogens (primary N) is 1. The van der Waals surface area contributed by atoms with Crippen LogP contribution in [0.3, 0.4) is 0 Å². The second-order valence-corrected chi connectivity index (χ2v) is 4.35. The Balaban J connectivity index is 0.00000112. The fraction of sp³-hybridized carbons (Fsp3) is 0.900. The van der Waals surface area contributed by atoms with E-state index in [1.165, 1.54) is 0 Å². The maximum absolute atomic E-state index is 12.0.